The van der Waals surface area contributed by atoms with Gasteiger partial charge < -0.3 is 9.64 Å². The predicted octanol–water partition coefficient (Wildman–Crippen LogP) is 5.66. The number of fused-ring (bicyclic) bond motifs is 4. The summed E-state index contributed by atoms with van der Waals surface area (Å²) in [4.78, 5) is 15.2. The second-order valence-electron chi connectivity index (χ2n) is 8.06. The Bertz CT molecular complexity index is 1230. The second-order valence-corrected chi connectivity index (χ2v) is 8.06. The number of ether oxygens (including phenoxy) is 1. The molecule has 1 unspecified atom stereocenters. The predicted molar refractivity (Wildman–Crippen MR) is 119 cm³/mol. The first-order valence-electron chi connectivity index (χ1n) is 10.6. The average molecular weight is 403 g/mol. The van der Waals surface area contributed by atoms with Gasteiger partial charge in [-0.25, -0.2) is 0 Å². The van der Waals surface area contributed by atoms with Crippen LogP contribution in [0.4, 0.5) is 0 Å². The van der Waals surface area contributed by atoms with Crippen LogP contribution < -0.4 is 0 Å². The molecule has 0 aromatic heterocycles. The van der Waals surface area contributed by atoms with Gasteiger partial charge in [0.05, 0.1) is 0 Å². The van der Waals surface area contributed by atoms with Crippen LogP contribution in [0, 0.1) is 0 Å². The molecule has 0 bridgehead atoms. The fraction of sp³-hybridized carbons (Fsp3) is 0.107. The maximum Gasteiger partial charge on any atom is 0.256 e. The minimum atomic E-state index is -0.837. The number of hydrogen-bond acceptors (Lipinski definition) is 2. The van der Waals surface area contributed by atoms with E-state index in [4.69, 9.17) is 4.74 Å². The van der Waals surface area contributed by atoms with Gasteiger partial charge in [0.1, 0.15) is 5.60 Å². The van der Waals surface area contributed by atoms with Crippen molar-refractivity contribution in [2.75, 3.05) is 0 Å². The van der Waals surface area contributed by atoms with E-state index in [1.165, 1.54) is 0 Å². The van der Waals surface area contributed by atoms with Crippen LogP contribution in [0.1, 0.15) is 44.4 Å². The highest BCUT2D eigenvalue weighted by Gasteiger charge is 2.49. The Morgan fingerprint density at radius 2 is 1.29 bits per heavy atom. The van der Waals surface area contributed by atoms with Gasteiger partial charge in [-0.1, -0.05) is 103 Å². The molecule has 2 aliphatic heterocycles. The third kappa shape index (κ3) is 2.60. The zero-order valence-electron chi connectivity index (χ0n) is 16.9. The fourth-order valence-corrected chi connectivity index (χ4v) is 4.99. The highest BCUT2D eigenvalue weighted by molar-refractivity contribution is 5.99. The largest absolute Gasteiger partial charge is 0.333 e. The van der Waals surface area contributed by atoms with E-state index in [-0.39, 0.29) is 5.91 Å². The van der Waals surface area contributed by atoms with E-state index >= 15 is 0 Å². The summed E-state index contributed by atoms with van der Waals surface area (Å²) in [6.07, 6.45) is -0.462. The molecule has 1 atom stereocenters. The van der Waals surface area contributed by atoms with Crippen molar-refractivity contribution < 1.29 is 9.53 Å². The molecular weight excluding hydrogens is 382 g/mol. The standard InChI is InChI=1S/C28H21NO2/c30-26-23-16-8-9-17-24(23)27-29(26)19-20-11-7-10-18-25(20)28(31-27,21-12-3-1-4-13-21)22-14-5-2-6-15-22/h1-18,27H,19H2. The molecule has 4 aromatic carbocycles. The topological polar surface area (TPSA) is 29.5 Å². The van der Waals surface area contributed by atoms with Crippen molar-refractivity contribution >= 4 is 5.91 Å². The average Bonchev–Trinajstić information content (AvgIpc) is 3.00. The first kappa shape index (κ1) is 18.1. The minimum absolute atomic E-state index is 0.0207. The highest BCUT2D eigenvalue weighted by Crippen LogP contribution is 2.50. The molecule has 1 amide bonds. The van der Waals surface area contributed by atoms with Crippen LogP contribution in [-0.2, 0) is 16.9 Å². The zero-order valence-corrected chi connectivity index (χ0v) is 16.9. The molecular formula is C28H21NO2. The molecule has 31 heavy (non-hydrogen) atoms. The minimum Gasteiger partial charge on any atom is -0.333 e. The molecule has 0 radical (unpaired) electrons. The number of amides is 1. The third-order valence-corrected chi connectivity index (χ3v) is 6.39. The zero-order chi connectivity index (χ0) is 20.8. The summed E-state index contributed by atoms with van der Waals surface area (Å²) in [5.74, 6) is 0.0207. The summed E-state index contributed by atoms with van der Waals surface area (Å²) in [5, 5.41) is 0. The number of benzene rings is 4. The number of nitrogens with zero attached hydrogens (tertiary/aromatic N) is 1. The molecule has 0 saturated heterocycles. The van der Waals surface area contributed by atoms with Crippen molar-refractivity contribution in [3.63, 3.8) is 0 Å². The van der Waals surface area contributed by atoms with Gasteiger partial charge in [-0.3, -0.25) is 4.79 Å². The van der Waals surface area contributed by atoms with E-state index in [9.17, 15) is 4.79 Å². The Labute approximate surface area is 181 Å². The Kier molecular flexibility index (Phi) is 4.05. The maximum absolute atomic E-state index is 13.3. The van der Waals surface area contributed by atoms with E-state index in [0.717, 1.165) is 33.4 Å². The highest BCUT2D eigenvalue weighted by atomic mass is 16.5. The van der Waals surface area contributed by atoms with Crippen LogP contribution in [0.3, 0.4) is 0 Å². The summed E-state index contributed by atoms with van der Waals surface area (Å²) >= 11 is 0. The van der Waals surface area contributed by atoms with Gasteiger partial charge in [-0.05, 0) is 28.3 Å². The SMILES string of the molecule is O=C1c2ccccc2C2OC(c3ccccc3)(c3ccccc3)c3ccccc3CN12. The molecule has 0 N–H and O–H groups in total. The molecule has 0 fully saturated rings. The molecule has 0 spiro atoms. The lowest BCUT2D eigenvalue weighted by atomic mass is 9.78. The molecule has 6 rings (SSSR count). The number of rotatable bonds is 2. The van der Waals surface area contributed by atoms with E-state index < -0.39 is 11.8 Å². The lowest BCUT2D eigenvalue weighted by molar-refractivity contribution is -0.103. The van der Waals surface area contributed by atoms with Gasteiger partial charge in [-0.15, -0.1) is 0 Å². The molecule has 3 heteroatoms. The molecule has 2 aliphatic rings. The van der Waals surface area contributed by atoms with Crippen molar-refractivity contribution in [3.05, 3.63) is 143 Å². The van der Waals surface area contributed by atoms with Gasteiger partial charge in [0.15, 0.2) is 6.23 Å². The van der Waals surface area contributed by atoms with Gasteiger partial charge in [0, 0.05) is 17.7 Å². The Morgan fingerprint density at radius 1 is 0.710 bits per heavy atom. The first-order valence-corrected chi connectivity index (χ1v) is 10.6. The molecule has 3 nitrogen and oxygen atoms in total. The number of carbonyl (C=O) groups is 1. The Morgan fingerprint density at radius 3 is 2.00 bits per heavy atom. The van der Waals surface area contributed by atoms with Gasteiger partial charge in [0.25, 0.3) is 5.91 Å². The van der Waals surface area contributed by atoms with Crippen LogP contribution in [0.15, 0.2) is 109 Å². The number of hydrogen-bond donors (Lipinski definition) is 0. The van der Waals surface area contributed by atoms with Crippen molar-refractivity contribution in [2.24, 2.45) is 0 Å². The van der Waals surface area contributed by atoms with E-state index in [0.29, 0.717) is 6.54 Å². The van der Waals surface area contributed by atoms with Crippen LogP contribution in [-0.4, -0.2) is 10.8 Å². The second kappa shape index (κ2) is 6.93. The summed E-state index contributed by atoms with van der Waals surface area (Å²) in [6.45, 7) is 0.510. The van der Waals surface area contributed by atoms with Crippen LogP contribution in [0.2, 0.25) is 0 Å². The summed E-state index contributed by atoms with van der Waals surface area (Å²) in [6, 6.07) is 36.8. The summed E-state index contributed by atoms with van der Waals surface area (Å²) in [5.41, 5.74) is 5.08. The summed E-state index contributed by atoms with van der Waals surface area (Å²) < 4.78 is 7.12. The lowest BCUT2D eigenvalue weighted by Crippen LogP contribution is -2.36. The number of carbonyl (C=O) groups excluding carboxylic acids is 1. The van der Waals surface area contributed by atoms with Crippen molar-refractivity contribution in [2.45, 2.75) is 18.4 Å². The van der Waals surface area contributed by atoms with Crippen molar-refractivity contribution in [1.29, 1.82) is 0 Å². The van der Waals surface area contributed by atoms with E-state index in [2.05, 4.69) is 42.5 Å². The van der Waals surface area contributed by atoms with E-state index in [1.807, 2.05) is 71.6 Å². The first-order chi connectivity index (χ1) is 15.3. The molecule has 0 saturated carbocycles. The maximum atomic E-state index is 13.3. The van der Waals surface area contributed by atoms with Gasteiger partial charge in [-0.2, -0.15) is 0 Å². The fourth-order valence-electron chi connectivity index (χ4n) is 4.99. The summed E-state index contributed by atoms with van der Waals surface area (Å²) in [7, 11) is 0. The van der Waals surface area contributed by atoms with Crippen LogP contribution >= 0.6 is 0 Å². The third-order valence-electron chi connectivity index (χ3n) is 6.39. The van der Waals surface area contributed by atoms with Gasteiger partial charge >= 0.3 is 0 Å². The Hall–Kier alpha value is -3.69. The smallest absolute Gasteiger partial charge is 0.256 e. The molecule has 0 aliphatic carbocycles. The lowest BCUT2D eigenvalue weighted by Gasteiger charge is -2.38. The van der Waals surface area contributed by atoms with Crippen molar-refractivity contribution in [3.8, 4) is 0 Å². The van der Waals surface area contributed by atoms with Crippen LogP contribution in [0.25, 0.3) is 0 Å². The van der Waals surface area contributed by atoms with E-state index in [1.54, 1.807) is 0 Å². The molecule has 2 heterocycles. The van der Waals surface area contributed by atoms with Crippen LogP contribution in [0.5, 0.6) is 0 Å². The Balaban J connectivity index is 1.68. The monoisotopic (exact) mass is 403 g/mol. The molecule has 4 aromatic rings. The van der Waals surface area contributed by atoms with Crippen molar-refractivity contribution in [1.82, 2.24) is 4.90 Å². The quantitative estimate of drug-likeness (QED) is 0.432. The normalized spacial score (nSPS) is 18.6. The van der Waals surface area contributed by atoms with Gasteiger partial charge in [0.2, 0.25) is 0 Å². The molecule has 150 valence electrons.